The minimum atomic E-state index is 0.857. The lowest BCUT2D eigenvalue weighted by Gasteiger charge is -2.01. The summed E-state index contributed by atoms with van der Waals surface area (Å²) in [5.41, 5.74) is 1.29. The van der Waals surface area contributed by atoms with Crippen LogP contribution < -0.4 is 5.32 Å². The largest absolute Gasteiger partial charge is 0.309 e. The summed E-state index contributed by atoms with van der Waals surface area (Å²) >= 11 is 3.39. The van der Waals surface area contributed by atoms with Crippen molar-refractivity contribution in [2.45, 2.75) is 6.54 Å². The molecule has 0 amide bonds. The summed E-state index contributed by atoms with van der Waals surface area (Å²) in [6.45, 7) is 5.40. The number of hydrogen-bond acceptors (Lipinski definition) is 1. The topological polar surface area (TPSA) is 12.0 Å². The van der Waals surface area contributed by atoms with E-state index in [4.69, 9.17) is 0 Å². The predicted molar refractivity (Wildman–Crippen MR) is 56.0 cm³/mol. The third-order valence-electron chi connectivity index (χ3n) is 1.53. The highest BCUT2D eigenvalue weighted by Gasteiger charge is 1.90. The molecule has 0 bridgehead atoms. The number of benzene rings is 1. The number of hydrogen-bond donors (Lipinski definition) is 1. The molecule has 0 aliphatic carbocycles. The van der Waals surface area contributed by atoms with Gasteiger partial charge in [-0.15, -0.1) is 6.58 Å². The van der Waals surface area contributed by atoms with Crippen LogP contribution in [0, 0.1) is 0 Å². The SMILES string of the molecule is C=CCNCc1ccc(Br)cc1. The Morgan fingerprint density at radius 2 is 2.00 bits per heavy atom. The van der Waals surface area contributed by atoms with Crippen LogP contribution in [0.25, 0.3) is 0 Å². The second-order valence-electron chi connectivity index (χ2n) is 2.55. The molecular formula is C10H12BrN. The zero-order valence-electron chi connectivity index (χ0n) is 6.89. The van der Waals surface area contributed by atoms with E-state index in [-0.39, 0.29) is 0 Å². The van der Waals surface area contributed by atoms with Crippen LogP contribution in [0.1, 0.15) is 5.56 Å². The first-order chi connectivity index (χ1) is 5.83. The highest BCUT2D eigenvalue weighted by atomic mass is 79.9. The van der Waals surface area contributed by atoms with E-state index < -0.39 is 0 Å². The molecule has 0 heterocycles. The van der Waals surface area contributed by atoms with E-state index in [0.717, 1.165) is 17.6 Å². The van der Waals surface area contributed by atoms with Gasteiger partial charge in [0.1, 0.15) is 0 Å². The smallest absolute Gasteiger partial charge is 0.0208 e. The first kappa shape index (κ1) is 9.49. The van der Waals surface area contributed by atoms with E-state index in [2.05, 4.69) is 40.0 Å². The molecule has 0 saturated carbocycles. The highest BCUT2D eigenvalue weighted by Crippen LogP contribution is 2.09. The molecule has 1 nitrogen and oxygen atoms in total. The summed E-state index contributed by atoms with van der Waals surface area (Å²) in [6, 6.07) is 8.29. The van der Waals surface area contributed by atoms with Crippen LogP contribution in [-0.2, 0) is 6.54 Å². The van der Waals surface area contributed by atoms with Crippen LogP contribution in [0.5, 0.6) is 0 Å². The molecule has 0 aliphatic heterocycles. The van der Waals surface area contributed by atoms with Crippen molar-refractivity contribution in [3.8, 4) is 0 Å². The second kappa shape index (κ2) is 5.12. The Kier molecular flexibility index (Phi) is 4.05. The van der Waals surface area contributed by atoms with Crippen molar-refractivity contribution in [2.75, 3.05) is 6.54 Å². The Balaban J connectivity index is 2.42. The van der Waals surface area contributed by atoms with Gasteiger partial charge in [-0.1, -0.05) is 34.1 Å². The van der Waals surface area contributed by atoms with Crippen LogP contribution in [0.3, 0.4) is 0 Å². The van der Waals surface area contributed by atoms with Gasteiger partial charge in [-0.25, -0.2) is 0 Å². The Morgan fingerprint density at radius 1 is 1.33 bits per heavy atom. The zero-order chi connectivity index (χ0) is 8.81. The zero-order valence-corrected chi connectivity index (χ0v) is 8.47. The van der Waals surface area contributed by atoms with Crippen molar-refractivity contribution in [3.05, 3.63) is 47.0 Å². The van der Waals surface area contributed by atoms with E-state index in [0.29, 0.717) is 0 Å². The average Bonchev–Trinajstić information content (AvgIpc) is 2.09. The maximum Gasteiger partial charge on any atom is 0.0208 e. The van der Waals surface area contributed by atoms with E-state index in [1.54, 1.807) is 0 Å². The molecule has 0 radical (unpaired) electrons. The summed E-state index contributed by atoms with van der Waals surface area (Å²) in [6.07, 6.45) is 1.86. The lowest BCUT2D eigenvalue weighted by atomic mass is 10.2. The molecule has 0 unspecified atom stereocenters. The van der Waals surface area contributed by atoms with E-state index in [1.807, 2.05) is 18.2 Å². The van der Waals surface area contributed by atoms with Crippen molar-refractivity contribution in [1.29, 1.82) is 0 Å². The third kappa shape index (κ3) is 3.20. The molecule has 0 saturated heterocycles. The fraction of sp³-hybridized carbons (Fsp3) is 0.200. The molecule has 12 heavy (non-hydrogen) atoms. The lowest BCUT2D eigenvalue weighted by molar-refractivity contribution is 0.760. The highest BCUT2D eigenvalue weighted by molar-refractivity contribution is 9.10. The summed E-state index contributed by atoms with van der Waals surface area (Å²) in [7, 11) is 0. The van der Waals surface area contributed by atoms with Crippen LogP contribution >= 0.6 is 15.9 Å². The fourth-order valence-corrected chi connectivity index (χ4v) is 1.19. The molecule has 1 aromatic carbocycles. The Hall–Kier alpha value is -0.600. The van der Waals surface area contributed by atoms with Crippen molar-refractivity contribution in [2.24, 2.45) is 0 Å². The summed E-state index contributed by atoms with van der Waals surface area (Å²) in [5, 5.41) is 3.24. The quantitative estimate of drug-likeness (QED) is 0.614. The minimum absolute atomic E-state index is 0.857. The molecule has 1 aromatic rings. The van der Waals surface area contributed by atoms with Gasteiger partial charge < -0.3 is 5.32 Å². The van der Waals surface area contributed by atoms with Gasteiger partial charge in [0.15, 0.2) is 0 Å². The van der Waals surface area contributed by atoms with E-state index in [1.165, 1.54) is 5.56 Å². The Morgan fingerprint density at radius 3 is 2.58 bits per heavy atom. The van der Waals surface area contributed by atoms with Gasteiger partial charge in [-0.2, -0.15) is 0 Å². The first-order valence-electron chi connectivity index (χ1n) is 3.89. The number of halogens is 1. The summed E-state index contributed by atoms with van der Waals surface area (Å²) in [4.78, 5) is 0. The molecule has 1 rings (SSSR count). The van der Waals surface area contributed by atoms with Gasteiger partial charge >= 0.3 is 0 Å². The summed E-state index contributed by atoms with van der Waals surface area (Å²) < 4.78 is 1.12. The van der Waals surface area contributed by atoms with Gasteiger partial charge in [0, 0.05) is 17.6 Å². The van der Waals surface area contributed by atoms with Crippen molar-refractivity contribution in [1.82, 2.24) is 5.32 Å². The normalized spacial score (nSPS) is 9.75. The molecule has 0 aliphatic rings. The number of rotatable bonds is 4. The maximum atomic E-state index is 3.64. The molecule has 0 fully saturated rings. The molecule has 2 heteroatoms. The molecule has 0 spiro atoms. The standard InChI is InChI=1S/C10H12BrN/c1-2-7-12-8-9-3-5-10(11)6-4-9/h2-6,12H,1,7-8H2. The van der Waals surface area contributed by atoms with Crippen molar-refractivity contribution < 1.29 is 0 Å². The average molecular weight is 226 g/mol. The van der Waals surface area contributed by atoms with E-state index >= 15 is 0 Å². The lowest BCUT2D eigenvalue weighted by Crippen LogP contribution is -2.12. The van der Waals surface area contributed by atoms with Crippen molar-refractivity contribution >= 4 is 15.9 Å². The molecule has 64 valence electrons. The maximum absolute atomic E-state index is 3.64. The van der Waals surface area contributed by atoms with Crippen LogP contribution in [-0.4, -0.2) is 6.54 Å². The molecular weight excluding hydrogens is 214 g/mol. The molecule has 0 aromatic heterocycles. The second-order valence-corrected chi connectivity index (χ2v) is 3.46. The fourth-order valence-electron chi connectivity index (χ4n) is 0.921. The van der Waals surface area contributed by atoms with Gasteiger partial charge in [0.25, 0.3) is 0 Å². The minimum Gasteiger partial charge on any atom is -0.309 e. The third-order valence-corrected chi connectivity index (χ3v) is 2.06. The van der Waals surface area contributed by atoms with Crippen molar-refractivity contribution in [3.63, 3.8) is 0 Å². The Labute approximate surface area is 81.6 Å². The van der Waals surface area contributed by atoms with Gasteiger partial charge in [0.05, 0.1) is 0 Å². The number of nitrogens with one attached hydrogen (secondary N) is 1. The molecule has 1 N–H and O–H groups in total. The monoisotopic (exact) mass is 225 g/mol. The van der Waals surface area contributed by atoms with E-state index in [9.17, 15) is 0 Å². The predicted octanol–water partition coefficient (Wildman–Crippen LogP) is 2.72. The van der Waals surface area contributed by atoms with Crippen LogP contribution in [0.4, 0.5) is 0 Å². The summed E-state index contributed by atoms with van der Waals surface area (Å²) in [5.74, 6) is 0. The Bertz CT molecular complexity index is 241. The van der Waals surface area contributed by atoms with Gasteiger partial charge in [0.2, 0.25) is 0 Å². The van der Waals surface area contributed by atoms with Crippen LogP contribution in [0.15, 0.2) is 41.4 Å². The van der Waals surface area contributed by atoms with Gasteiger partial charge in [-0.3, -0.25) is 0 Å². The van der Waals surface area contributed by atoms with Gasteiger partial charge in [-0.05, 0) is 17.7 Å². The van der Waals surface area contributed by atoms with Crippen LogP contribution in [0.2, 0.25) is 0 Å². The molecule has 0 atom stereocenters. The first-order valence-corrected chi connectivity index (χ1v) is 4.68.